The molecule has 0 fully saturated rings. The molecule has 0 saturated carbocycles. The molecule has 4 nitrogen and oxygen atoms in total. The molecule has 0 saturated heterocycles. The maximum absolute atomic E-state index is 11.0. The third-order valence-electron chi connectivity index (χ3n) is 1.53. The second-order valence-corrected chi connectivity index (χ2v) is 2.43. The summed E-state index contributed by atoms with van der Waals surface area (Å²) in [6.07, 6.45) is -1.99. The van der Waals surface area contributed by atoms with E-state index in [0.717, 1.165) is 0 Å². The second kappa shape index (κ2) is 3.81. The van der Waals surface area contributed by atoms with Crippen molar-refractivity contribution in [2.45, 2.75) is 6.29 Å². The Labute approximate surface area is 74.7 Å². The van der Waals surface area contributed by atoms with Gasteiger partial charge in [0, 0.05) is 5.56 Å². The van der Waals surface area contributed by atoms with E-state index >= 15 is 0 Å². The van der Waals surface area contributed by atoms with Crippen LogP contribution in [0.2, 0.25) is 0 Å². The van der Waals surface area contributed by atoms with Gasteiger partial charge in [-0.3, -0.25) is 4.79 Å². The number of ketones is 1. The summed E-state index contributed by atoms with van der Waals surface area (Å²) in [6, 6.07) is 7.52. The van der Waals surface area contributed by atoms with Crippen LogP contribution in [0.4, 0.5) is 0 Å². The molecule has 0 amide bonds. The third-order valence-corrected chi connectivity index (χ3v) is 1.53. The lowest BCUT2D eigenvalue weighted by Crippen LogP contribution is -2.19. The summed E-state index contributed by atoms with van der Waals surface area (Å²) in [5.74, 6) is -0.774. The van der Waals surface area contributed by atoms with Gasteiger partial charge in [-0.25, -0.2) is 0 Å². The van der Waals surface area contributed by atoms with Crippen molar-refractivity contribution in [3.8, 4) is 6.07 Å². The van der Waals surface area contributed by atoms with E-state index in [1.165, 1.54) is 24.3 Å². The number of rotatable bonds is 2. The van der Waals surface area contributed by atoms with Crippen LogP contribution in [0.1, 0.15) is 15.9 Å². The number of hydrogen-bond donors (Lipinski definition) is 2. The van der Waals surface area contributed by atoms with Crippen molar-refractivity contribution in [1.29, 1.82) is 5.26 Å². The number of benzene rings is 1. The van der Waals surface area contributed by atoms with E-state index in [9.17, 15) is 4.79 Å². The fraction of sp³-hybridized carbons (Fsp3) is 0.111. The Bertz CT molecular complexity index is 348. The number of nitriles is 1. The van der Waals surface area contributed by atoms with Crippen molar-refractivity contribution in [1.82, 2.24) is 0 Å². The molecule has 1 rings (SSSR count). The zero-order chi connectivity index (χ0) is 9.84. The number of Topliss-reactive ketones (excluding diaryl/α,β-unsaturated/α-hetero) is 1. The van der Waals surface area contributed by atoms with E-state index in [0.29, 0.717) is 5.56 Å². The van der Waals surface area contributed by atoms with Crippen molar-refractivity contribution < 1.29 is 15.0 Å². The highest BCUT2D eigenvalue weighted by atomic mass is 16.5. The normalized spacial score (nSPS) is 9.69. The van der Waals surface area contributed by atoms with Gasteiger partial charge in [0.05, 0.1) is 11.6 Å². The van der Waals surface area contributed by atoms with E-state index in [4.69, 9.17) is 15.5 Å². The number of carbonyl (C=O) groups excluding carboxylic acids is 1. The minimum absolute atomic E-state index is 0.175. The van der Waals surface area contributed by atoms with Gasteiger partial charge in [-0.2, -0.15) is 5.26 Å². The fourth-order valence-electron chi connectivity index (χ4n) is 0.858. The Balaban J connectivity index is 2.94. The zero-order valence-electron chi connectivity index (χ0n) is 6.64. The van der Waals surface area contributed by atoms with Gasteiger partial charge >= 0.3 is 0 Å². The lowest BCUT2D eigenvalue weighted by atomic mass is 10.1. The summed E-state index contributed by atoms with van der Waals surface area (Å²) >= 11 is 0. The maximum Gasteiger partial charge on any atom is 0.218 e. The summed E-state index contributed by atoms with van der Waals surface area (Å²) in [5.41, 5.74) is 0.595. The highest BCUT2D eigenvalue weighted by molar-refractivity contribution is 5.98. The average Bonchev–Trinajstić information content (AvgIpc) is 2.17. The van der Waals surface area contributed by atoms with E-state index in [1.807, 2.05) is 6.07 Å². The number of aliphatic hydroxyl groups excluding tert-OH is 1. The van der Waals surface area contributed by atoms with Crippen molar-refractivity contribution in [3.05, 3.63) is 35.4 Å². The number of nitrogens with zero attached hydrogens (tertiary/aromatic N) is 1. The molecule has 0 radical (unpaired) electrons. The van der Waals surface area contributed by atoms with Crippen LogP contribution < -0.4 is 0 Å². The van der Waals surface area contributed by atoms with Gasteiger partial charge in [0.15, 0.2) is 0 Å². The molecule has 0 aromatic heterocycles. The monoisotopic (exact) mass is 177 g/mol. The van der Waals surface area contributed by atoms with Gasteiger partial charge in [0.1, 0.15) is 0 Å². The Hall–Kier alpha value is -1.70. The van der Waals surface area contributed by atoms with Crippen molar-refractivity contribution in [3.63, 3.8) is 0 Å². The highest BCUT2D eigenvalue weighted by Gasteiger charge is 2.12. The van der Waals surface area contributed by atoms with Crippen molar-refractivity contribution in [2.75, 3.05) is 0 Å². The minimum Gasteiger partial charge on any atom is -0.362 e. The molecule has 13 heavy (non-hydrogen) atoms. The van der Waals surface area contributed by atoms with Gasteiger partial charge in [-0.15, -0.1) is 0 Å². The van der Waals surface area contributed by atoms with E-state index in [2.05, 4.69) is 0 Å². The van der Waals surface area contributed by atoms with Crippen molar-refractivity contribution in [2.24, 2.45) is 0 Å². The standard InChI is InChI=1S/C9H7NO3/c10-5-6-1-3-7(4-2-6)8(11)9(12)13/h1-4,9,12-13H. The third kappa shape index (κ3) is 2.12. The zero-order valence-corrected chi connectivity index (χ0v) is 6.64. The summed E-state index contributed by atoms with van der Waals surface area (Å²) in [7, 11) is 0. The molecule has 0 aliphatic carbocycles. The van der Waals surface area contributed by atoms with Crippen LogP contribution in [0.15, 0.2) is 24.3 Å². The lowest BCUT2D eigenvalue weighted by molar-refractivity contribution is -0.0195. The van der Waals surface area contributed by atoms with Crippen LogP contribution in [-0.2, 0) is 0 Å². The predicted molar refractivity (Wildman–Crippen MR) is 43.7 cm³/mol. The smallest absolute Gasteiger partial charge is 0.218 e. The van der Waals surface area contributed by atoms with Crippen LogP contribution in [0.3, 0.4) is 0 Å². The lowest BCUT2D eigenvalue weighted by Gasteiger charge is -2.01. The van der Waals surface area contributed by atoms with Gasteiger partial charge in [-0.05, 0) is 24.3 Å². The molecule has 1 aromatic rings. The van der Waals surface area contributed by atoms with Crippen LogP contribution >= 0.6 is 0 Å². The van der Waals surface area contributed by atoms with E-state index in [1.54, 1.807) is 0 Å². The predicted octanol–water partition coefficient (Wildman–Crippen LogP) is 0.0517. The van der Waals surface area contributed by atoms with Crippen molar-refractivity contribution >= 4 is 5.78 Å². The van der Waals surface area contributed by atoms with Gasteiger partial charge in [0.2, 0.25) is 12.1 Å². The number of carbonyl (C=O) groups is 1. The molecular formula is C9H7NO3. The SMILES string of the molecule is N#Cc1ccc(C(=O)C(O)O)cc1. The Kier molecular flexibility index (Phi) is 2.75. The fourth-order valence-corrected chi connectivity index (χ4v) is 0.858. The number of aliphatic hydroxyl groups is 2. The molecule has 1 aromatic carbocycles. The first-order valence-corrected chi connectivity index (χ1v) is 3.55. The Morgan fingerprint density at radius 1 is 1.31 bits per heavy atom. The van der Waals surface area contributed by atoms with Gasteiger partial charge in [-0.1, -0.05) is 0 Å². The van der Waals surface area contributed by atoms with Crippen LogP contribution in [0.25, 0.3) is 0 Å². The van der Waals surface area contributed by atoms with Crippen LogP contribution in [0, 0.1) is 11.3 Å². The number of hydrogen-bond acceptors (Lipinski definition) is 4. The van der Waals surface area contributed by atoms with E-state index < -0.39 is 12.1 Å². The molecule has 0 spiro atoms. The summed E-state index contributed by atoms with van der Waals surface area (Å²) < 4.78 is 0. The first-order valence-electron chi connectivity index (χ1n) is 3.55. The van der Waals surface area contributed by atoms with Gasteiger partial charge in [0.25, 0.3) is 0 Å². The maximum atomic E-state index is 11.0. The summed E-state index contributed by atoms with van der Waals surface area (Å²) in [6.45, 7) is 0. The molecule has 0 heterocycles. The molecule has 0 bridgehead atoms. The summed E-state index contributed by atoms with van der Waals surface area (Å²) in [4.78, 5) is 11.0. The minimum atomic E-state index is -1.99. The first kappa shape index (κ1) is 9.39. The molecule has 0 aliphatic rings. The molecule has 0 aliphatic heterocycles. The van der Waals surface area contributed by atoms with Crippen LogP contribution in [0.5, 0.6) is 0 Å². The van der Waals surface area contributed by atoms with Gasteiger partial charge < -0.3 is 10.2 Å². The Morgan fingerprint density at radius 2 is 1.85 bits per heavy atom. The molecule has 2 N–H and O–H groups in total. The van der Waals surface area contributed by atoms with Crippen LogP contribution in [-0.4, -0.2) is 22.3 Å². The molecule has 0 atom stereocenters. The average molecular weight is 177 g/mol. The highest BCUT2D eigenvalue weighted by Crippen LogP contribution is 2.05. The molecule has 66 valence electrons. The second-order valence-electron chi connectivity index (χ2n) is 2.43. The Morgan fingerprint density at radius 3 is 2.23 bits per heavy atom. The molecular weight excluding hydrogens is 170 g/mol. The topological polar surface area (TPSA) is 81.3 Å². The molecule has 0 unspecified atom stereocenters. The first-order chi connectivity index (χ1) is 6.15. The largest absolute Gasteiger partial charge is 0.362 e. The quantitative estimate of drug-likeness (QED) is 0.494. The van der Waals surface area contributed by atoms with E-state index in [-0.39, 0.29) is 5.56 Å². The molecule has 4 heteroatoms. The summed E-state index contributed by atoms with van der Waals surface area (Å²) in [5, 5.41) is 25.5.